The Labute approximate surface area is 179 Å². The molecule has 2 fully saturated rings. The van der Waals surface area contributed by atoms with Gasteiger partial charge < -0.3 is 19.4 Å². The molecule has 0 radical (unpaired) electrons. The van der Waals surface area contributed by atoms with Crippen LogP contribution in [0.4, 0.5) is 4.79 Å². The maximum Gasteiger partial charge on any atom is 0.494 e. The van der Waals surface area contributed by atoms with E-state index in [4.69, 9.17) is 25.6 Å². The number of hydrogen-bond acceptors (Lipinski definition) is 5. The first kappa shape index (κ1) is 22.4. The zero-order valence-electron chi connectivity index (χ0n) is 18.5. The summed E-state index contributed by atoms with van der Waals surface area (Å²) in [5.41, 5.74) is 0.361. The van der Waals surface area contributed by atoms with Crippen LogP contribution >= 0.6 is 11.6 Å². The van der Waals surface area contributed by atoms with E-state index >= 15 is 0 Å². The first-order valence-electron chi connectivity index (χ1n) is 10.2. The largest absolute Gasteiger partial charge is 0.494 e. The minimum atomic E-state index is -0.547. The molecule has 0 bridgehead atoms. The first-order valence-corrected chi connectivity index (χ1v) is 10.5. The number of amides is 1. The van der Waals surface area contributed by atoms with E-state index < -0.39 is 23.9 Å². The molecule has 8 heteroatoms. The molecular weight excluding hydrogens is 391 g/mol. The fraction of sp³-hybridized carbons (Fsp3) is 0.667. The van der Waals surface area contributed by atoms with Crippen LogP contribution in [-0.4, -0.2) is 54.5 Å². The molecule has 160 valence electrons. The van der Waals surface area contributed by atoms with E-state index in [0.717, 1.165) is 17.6 Å². The summed E-state index contributed by atoms with van der Waals surface area (Å²) in [5.74, 6) is 0. The van der Waals surface area contributed by atoms with Crippen molar-refractivity contribution in [2.24, 2.45) is 0 Å². The van der Waals surface area contributed by atoms with Gasteiger partial charge in [-0.1, -0.05) is 17.7 Å². The zero-order valence-corrected chi connectivity index (χ0v) is 19.2. The lowest BCUT2D eigenvalue weighted by Gasteiger charge is -2.37. The van der Waals surface area contributed by atoms with Gasteiger partial charge in [-0.2, -0.15) is 0 Å². The molecule has 0 saturated carbocycles. The van der Waals surface area contributed by atoms with Crippen LogP contribution in [0.1, 0.15) is 60.1 Å². The number of ether oxygens (including phenoxy) is 1. The van der Waals surface area contributed by atoms with Crippen LogP contribution < -0.4 is 10.8 Å². The average Bonchev–Trinajstić information content (AvgIpc) is 2.80. The Morgan fingerprint density at radius 3 is 2.41 bits per heavy atom. The van der Waals surface area contributed by atoms with Crippen LogP contribution in [0.5, 0.6) is 0 Å². The highest BCUT2D eigenvalue weighted by Crippen LogP contribution is 2.37. The molecule has 1 aromatic rings. The van der Waals surface area contributed by atoms with E-state index in [1.807, 2.05) is 66.7 Å². The summed E-state index contributed by atoms with van der Waals surface area (Å²) in [6.07, 6.45) is -0.318. The summed E-state index contributed by atoms with van der Waals surface area (Å²) in [6.45, 7) is 15.6. The van der Waals surface area contributed by atoms with Gasteiger partial charge in [-0.15, -0.1) is 0 Å². The number of piperazine rings is 1. The maximum absolute atomic E-state index is 12.8. The van der Waals surface area contributed by atoms with Crippen molar-refractivity contribution in [3.8, 4) is 0 Å². The number of nitrogens with zero attached hydrogens (tertiary/aromatic N) is 1. The summed E-state index contributed by atoms with van der Waals surface area (Å²) in [6, 6.07) is 5.59. The molecule has 2 aliphatic rings. The van der Waals surface area contributed by atoms with E-state index in [1.165, 1.54) is 0 Å². The highest BCUT2D eigenvalue weighted by Gasteiger charge is 2.52. The lowest BCUT2D eigenvalue weighted by molar-refractivity contribution is 0.00578. The van der Waals surface area contributed by atoms with E-state index in [-0.39, 0.29) is 12.1 Å². The van der Waals surface area contributed by atoms with Crippen molar-refractivity contribution < 1.29 is 18.8 Å². The quantitative estimate of drug-likeness (QED) is 0.739. The molecule has 0 unspecified atom stereocenters. The van der Waals surface area contributed by atoms with Crippen LogP contribution in [0.2, 0.25) is 5.02 Å². The van der Waals surface area contributed by atoms with Gasteiger partial charge in [0.1, 0.15) is 5.60 Å². The molecule has 0 aromatic heterocycles. The van der Waals surface area contributed by atoms with Crippen molar-refractivity contribution in [2.75, 3.05) is 19.6 Å². The molecule has 0 spiro atoms. The Bertz CT molecular complexity index is 762. The Kier molecular flexibility index (Phi) is 6.00. The highest BCUT2D eigenvalue weighted by atomic mass is 35.5. The lowest BCUT2D eigenvalue weighted by Crippen LogP contribution is -2.50. The van der Waals surface area contributed by atoms with Gasteiger partial charge >= 0.3 is 13.2 Å². The Morgan fingerprint density at radius 1 is 1.21 bits per heavy atom. The number of hydrogen-bond donors (Lipinski definition) is 1. The second-order valence-corrected chi connectivity index (χ2v) is 10.2. The SMILES string of the molecule is CC(C)(C)OC(=O)N1CCNC[C@H]1c1cc(Cl)cc(B2OC(C)(C)C(C)(C)O2)c1. The van der Waals surface area contributed by atoms with E-state index in [2.05, 4.69) is 5.32 Å². The fourth-order valence-corrected chi connectivity index (χ4v) is 3.74. The van der Waals surface area contributed by atoms with Gasteiger partial charge in [0, 0.05) is 24.7 Å². The Morgan fingerprint density at radius 2 is 1.83 bits per heavy atom. The Balaban J connectivity index is 1.89. The third kappa shape index (κ3) is 4.90. The normalized spacial score (nSPS) is 23.9. The molecule has 2 aliphatic heterocycles. The van der Waals surface area contributed by atoms with E-state index in [1.54, 1.807) is 4.90 Å². The third-order valence-electron chi connectivity index (χ3n) is 5.72. The topological polar surface area (TPSA) is 60.0 Å². The average molecular weight is 423 g/mol. The maximum atomic E-state index is 12.8. The standard InChI is InChI=1S/C21H32BClN2O4/c1-19(2,3)27-18(26)25-9-8-24-13-17(25)14-10-15(12-16(23)11-14)22-28-20(4,5)21(6,7)29-22/h10-12,17,24H,8-9,13H2,1-7H3/t17-/m0/s1. The van der Waals surface area contributed by atoms with Gasteiger partial charge in [-0.3, -0.25) is 4.90 Å². The lowest BCUT2D eigenvalue weighted by atomic mass is 9.77. The van der Waals surface area contributed by atoms with Gasteiger partial charge in [0.05, 0.1) is 17.2 Å². The molecule has 1 aromatic carbocycles. The Hall–Kier alpha value is -1.28. The molecule has 3 rings (SSSR count). The summed E-state index contributed by atoms with van der Waals surface area (Å²) >= 11 is 6.46. The summed E-state index contributed by atoms with van der Waals surface area (Å²) in [4.78, 5) is 14.6. The second-order valence-electron chi connectivity index (χ2n) is 9.80. The zero-order chi connectivity index (χ0) is 21.6. The van der Waals surface area contributed by atoms with Gasteiger partial charge in [-0.05, 0) is 71.6 Å². The highest BCUT2D eigenvalue weighted by molar-refractivity contribution is 6.62. The summed E-state index contributed by atoms with van der Waals surface area (Å²) in [5, 5.41) is 3.95. The van der Waals surface area contributed by atoms with Crippen molar-refractivity contribution in [3.05, 3.63) is 28.8 Å². The number of carbonyl (C=O) groups is 1. The van der Waals surface area contributed by atoms with Crippen LogP contribution in [0, 0.1) is 0 Å². The predicted molar refractivity (Wildman–Crippen MR) is 116 cm³/mol. The van der Waals surface area contributed by atoms with E-state index in [0.29, 0.717) is 18.1 Å². The fourth-order valence-electron chi connectivity index (χ4n) is 3.48. The molecule has 0 aliphatic carbocycles. The number of rotatable bonds is 2. The monoisotopic (exact) mass is 422 g/mol. The van der Waals surface area contributed by atoms with Crippen molar-refractivity contribution in [1.29, 1.82) is 0 Å². The summed E-state index contributed by atoms with van der Waals surface area (Å²) in [7, 11) is -0.510. The molecule has 1 N–H and O–H groups in total. The summed E-state index contributed by atoms with van der Waals surface area (Å²) < 4.78 is 18.0. The molecule has 2 saturated heterocycles. The van der Waals surface area contributed by atoms with Crippen LogP contribution in [-0.2, 0) is 14.0 Å². The second kappa shape index (κ2) is 7.76. The molecule has 2 heterocycles. The minimum absolute atomic E-state index is 0.182. The van der Waals surface area contributed by atoms with Crippen molar-refractivity contribution in [1.82, 2.24) is 10.2 Å². The van der Waals surface area contributed by atoms with Gasteiger partial charge in [-0.25, -0.2) is 4.79 Å². The van der Waals surface area contributed by atoms with Crippen molar-refractivity contribution in [3.63, 3.8) is 0 Å². The predicted octanol–water partition coefficient (Wildman–Crippen LogP) is 3.52. The van der Waals surface area contributed by atoms with Gasteiger partial charge in [0.2, 0.25) is 0 Å². The molecular formula is C21H32BClN2O4. The van der Waals surface area contributed by atoms with Crippen molar-refractivity contribution in [2.45, 2.75) is 71.3 Å². The number of benzene rings is 1. The van der Waals surface area contributed by atoms with Crippen LogP contribution in [0.3, 0.4) is 0 Å². The van der Waals surface area contributed by atoms with Crippen molar-refractivity contribution >= 4 is 30.3 Å². The smallest absolute Gasteiger partial charge is 0.444 e. The van der Waals surface area contributed by atoms with Gasteiger partial charge in [0.15, 0.2) is 0 Å². The van der Waals surface area contributed by atoms with Crippen LogP contribution in [0.15, 0.2) is 18.2 Å². The number of halogens is 1. The number of carbonyl (C=O) groups excluding carboxylic acids is 1. The van der Waals surface area contributed by atoms with E-state index in [9.17, 15) is 4.79 Å². The molecule has 1 atom stereocenters. The number of nitrogens with one attached hydrogen (secondary N) is 1. The first-order chi connectivity index (χ1) is 13.3. The molecule has 29 heavy (non-hydrogen) atoms. The van der Waals surface area contributed by atoms with Gasteiger partial charge in [0.25, 0.3) is 0 Å². The molecule has 1 amide bonds. The third-order valence-corrected chi connectivity index (χ3v) is 5.94. The molecule has 6 nitrogen and oxygen atoms in total. The van der Waals surface area contributed by atoms with Crippen LogP contribution in [0.25, 0.3) is 0 Å². The minimum Gasteiger partial charge on any atom is -0.444 e.